The zero-order chi connectivity index (χ0) is 12.4. The third-order valence-electron chi connectivity index (χ3n) is 2.52. The van der Waals surface area contributed by atoms with Gasteiger partial charge in [0.25, 0.3) is 0 Å². The first-order chi connectivity index (χ1) is 8.06. The molecule has 1 fully saturated rings. The van der Waals surface area contributed by atoms with Crippen LogP contribution in [0.4, 0.5) is 10.1 Å². The van der Waals surface area contributed by atoms with Gasteiger partial charge in [0.1, 0.15) is 17.6 Å². The van der Waals surface area contributed by atoms with Crippen molar-refractivity contribution in [1.29, 1.82) is 0 Å². The summed E-state index contributed by atoms with van der Waals surface area (Å²) < 4.78 is 13.3. The number of rotatable bonds is 2. The molecule has 6 heteroatoms. The molecule has 1 heterocycles. The number of hydrogen-bond donors (Lipinski definition) is 3. The second-order valence-corrected chi connectivity index (χ2v) is 3.81. The van der Waals surface area contributed by atoms with E-state index in [4.69, 9.17) is 5.11 Å². The highest BCUT2D eigenvalue weighted by molar-refractivity contribution is 5.99. The summed E-state index contributed by atoms with van der Waals surface area (Å²) in [6.45, 7) is 0. The predicted octanol–water partition coefficient (Wildman–Crippen LogP) is 0.748. The number of phenolic OH excluding ortho intramolecular Hbond substituents is 1. The maximum absolute atomic E-state index is 13.3. The van der Waals surface area contributed by atoms with E-state index in [1.54, 1.807) is 0 Å². The largest absolute Gasteiger partial charge is 0.508 e. The van der Waals surface area contributed by atoms with Gasteiger partial charge in [-0.05, 0) is 18.6 Å². The van der Waals surface area contributed by atoms with Crippen LogP contribution in [0.5, 0.6) is 5.75 Å². The van der Waals surface area contributed by atoms with Gasteiger partial charge in [-0.3, -0.25) is 9.59 Å². The van der Waals surface area contributed by atoms with Crippen LogP contribution in [0, 0.1) is 5.82 Å². The molecule has 1 atom stereocenters. The zero-order valence-electron chi connectivity index (χ0n) is 8.87. The van der Waals surface area contributed by atoms with E-state index in [2.05, 4.69) is 10.6 Å². The van der Waals surface area contributed by atoms with Gasteiger partial charge in [-0.25, -0.2) is 4.39 Å². The topological polar surface area (TPSA) is 78.4 Å². The van der Waals surface area contributed by atoms with Gasteiger partial charge in [-0.15, -0.1) is 0 Å². The first kappa shape index (κ1) is 11.4. The predicted molar refractivity (Wildman–Crippen MR) is 57.9 cm³/mol. The Morgan fingerprint density at radius 1 is 1.53 bits per heavy atom. The van der Waals surface area contributed by atoms with Crippen LogP contribution in [0.3, 0.4) is 0 Å². The Kier molecular flexibility index (Phi) is 2.95. The SMILES string of the molecule is O=C1CC[C@@H](C(=O)Nc2ccc(O)cc2F)N1. The molecule has 0 radical (unpaired) electrons. The van der Waals surface area contributed by atoms with Crippen molar-refractivity contribution in [3.05, 3.63) is 24.0 Å². The molecular formula is C11H11FN2O3. The molecule has 0 spiro atoms. The highest BCUT2D eigenvalue weighted by atomic mass is 19.1. The number of anilines is 1. The third kappa shape index (κ3) is 2.52. The number of benzene rings is 1. The summed E-state index contributed by atoms with van der Waals surface area (Å²) >= 11 is 0. The molecule has 17 heavy (non-hydrogen) atoms. The van der Waals surface area contributed by atoms with E-state index in [1.807, 2.05) is 0 Å². The van der Waals surface area contributed by atoms with E-state index in [0.717, 1.165) is 6.07 Å². The van der Waals surface area contributed by atoms with E-state index in [9.17, 15) is 14.0 Å². The van der Waals surface area contributed by atoms with Crippen molar-refractivity contribution in [3.8, 4) is 5.75 Å². The van der Waals surface area contributed by atoms with Crippen LogP contribution >= 0.6 is 0 Å². The van der Waals surface area contributed by atoms with E-state index < -0.39 is 17.8 Å². The fourth-order valence-electron chi connectivity index (χ4n) is 1.64. The summed E-state index contributed by atoms with van der Waals surface area (Å²) in [6, 6.07) is 2.82. The molecule has 2 rings (SSSR count). The average Bonchev–Trinajstić information content (AvgIpc) is 2.69. The highest BCUT2D eigenvalue weighted by Crippen LogP contribution is 2.20. The van der Waals surface area contributed by atoms with Gasteiger partial charge in [0.05, 0.1) is 5.69 Å². The molecule has 0 aliphatic carbocycles. The van der Waals surface area contributed by atoms with Gasteiger partial charge in [0.15, 0.2) is 0 Å². The molecule has 1 aromatic rings. The summed E-state index contributed by atoms with van der Waals surface area (Å²) in [5.41, 5.74) is -0.0195. The molecule has 90 valence electrons. The lowest BCUT2D eigenvalue weighted by Crippen LogP contribution is -2.37. The second kappa shape index (κ2) is 4.40. The van der Waals surface area contributed by atoms with Crippen molar-refractivity contribution in [3.63, 3.8) is 0 Å². The van der Waals surface area contributed by atoms with Crippen LogP contribution in [0.25, 0.3) is 0 Å². The van der Waals surface area contributed by atoms with Crippen molar-refractivity contribution in [2.24, 2.45) is 0 Å². The lowest BCUT2D eigenvalue weighted by Gasteiger charge is -2.11. The highest BCUT2D eigenvalue weighted by Gasteiger charge is 2.27. The van der Waals surface area contributed by atoms with Crippen molar-refractivity contribution < 1.29 is 19.1 Å². The molecule has 1 aliphatic rings. The Hall–Kier alpha value is -2.11. The van der Waals surface area contributed by atoms with E-state index >= 15 is 0 Å². The maximum Gasteiger partial charge on any atom is 0.247 e. The Bertz CT molecular complexity index is 476. The van der Waals surface area contributed by atoms with Gasteiger partial charge >= 0.3 is 0 Å². The van der Waals surface area contributed by atoms with E-state index in [1.165, 1.54) is 12.1 Å². The van der Waals surface area contributed by atoms with Gasteiger partial charge in [-0.2, -0.15) is 0 Å². The fraction of sp³-hybridized carbons (Fsp3) is 0.273. The fourth-order valence-corrected chi connectivity index (χ4v) is 1.64. The molecule has 1 aromatic carbocycles. The van der Waals surface area contributed by atoms with Crippen molar-refractivity contribution in [2.75, 3.05) is 5.32 Å². The van der Waals surface area contributed by atoms with Crippen molar-refractivity contribution >= 4 is 17.5 Å². The van der Waals surface area contributed by atoms with Crippen LogP contribution in [0.1, 0.15) is 12.8 Å². The van der Waals surface area contributed by atoms with Crippen LogP contribution in [0.2, 0.25) is 0 Å². The Balaban J connectivity index is 2.05. The lowest BCUT2D eigenvalue weighted by atomic mass is 10.2. The Labute approximate surface area is 96.6 Å². The third-order valence-corrected chi connectivity index (χ3v) is 2.52. The molecule has 1 saturated heterocycles. The van der Waals surface area contributed by atoms with Crippen molar-refractivity contribution in [1.82, 2.24) is 5.32 Å². The first-order valence-corrected chi connectivity index (χ1v) is 5.15. The van der Waals surface area contributed by atoms with Gasteiger partial charge in [0.2, 0.25) is 11.8 Å². The van der Waals surface area contributed by atoms with Gasteiger partial charge < -0.3 is 15.7 Å². The normalized spacial score (nSPS) is 18.9. The number of nitrogens with one attached hydrogen (secondary N) is 2. The zero-order valence-corrected chi connectivity index (χ0v) is 8.87. The van der Waals surface area contributed by atoms with Crippen LogP contribution in [0.15, 0.2) is 18.2 Å². The molecule has 5 nitrogen and oxygen atoms in total. The average molecular weight is 238 g/mol. The molecule has 1 aliphatic heterocycles. The number of amides is 2. The molecule has 0 saturated carbocycles. The Morgan fingerprint density at radius 3 is 2.88 bits per heavy atom. The van der Waals surface area contributed by atoms with Gasteiger partial charge in [-0.1, -0.05) is 0 Å². The second-order valence-electron chi connectivity index (χ2n) is 3.81. The monoisotopic (exact) mass is 238 g/mol. The summed E-state index contributed by atoms with van der Waals surface area (Å²) in [4.78, 5) is 22.6. The molecule has 2 amide bonds. The number of carbonyl (C=O) groups is 2. The number of carbonyl (C=O) groups excluding carboxylic acids is 2. The molecule has 0 unspecified atom stereocenters. The summed E-state index contributed by atoms with van der Waals surface area (Å²) in [7, 11) is 0. The maximum atomic E-state index is 13.3. The molecule has 3 N–H and O–H groups in total. The first-order valence-electron chi connectivity index (χ1n) is 5.15. The van der Waals surface area contributed by atoms with Crippen molar-refractivity contribution in [2.45, 2.75) is 18.9 Å². The minimum Gasteiger partial charge on any atom is -0.508 e. The number of halogens is 1. The summed E-state index contributed by atoms with van der Waals surface area (Å²) in [5, 5.41) is 13.9. The summed E-state index contributed by atoms with van der Waals surface area (Å²) in [6.07, 6.45) is 0.709. The minimum atomic E-state index is -0.720. The lowest BCUT2D eigenvalue weighted by molar-refractivity contribution is -0.122. The minimum absolute atomic E-state index is 0.0195. The number of phenols is 1. The summed E-state index contributed by atoms with van der Waals surface area (Å²) in [5.74, 6) is -1.57. The van der Waals surface area contributed by atoms with Gasteiger partial charge in [0, 0.05) is 12.5 Å². The number of aromatic hydroxyl groups is 1. The quantitative estimate of drug-likeness (QED) is 0.665. The van der Waals surface area contributed by atoms with Crippen LogP contribution in [-0.4, -0.2) is 23.0 Å². The molecular weight excluding hydrogens is 227 g/mol. The van der Waals surface area contributed by atoms with E-state index in [0.29, 0.717) is 12.8 Å². The Morgan fingerprint density at radius 2 is 2.29 bits per heavy atom. The molecule has 0 aromatic heterocycles. The van der Waals surface area contributed by atoms with E-state index in [-0.39, 0.29) is 17.3 Å². The van der Waals surface area contributed by atoms with Crippen LogP contribution in [-0.2, 0) is 9.59 Å². The molecule has 0 bridgehead atoms. The smallest absolute Gasteiger partial charge is 0.247 e. The standard InChI is InChI=1S/C11H11FN2O3/c12-7-5-6(15)1-2-8(7)14-11(17)9-3-4-10(16)13-9/h1-2,5,9,15H,3-4H2,(H,13,16)(H,14,17)/t9-/m0/s1. The van der Waals surface area contributed by atoms with Crippen LogP contribution < -0.4 is 10.6 Å². The number of hydrogen-bond acceptors (Lipinski definition) is 3.